The zero-order valence-electron chi connectivity index (χ0n) is 15.6. The van der Waals surface area contributed by atoms with Crippen molar-refractivity contribution in [2.45, 2.75) is 63.7 Å². The Morgan fingerprint density at radius 2 is 1.15 bits per heavy atom. The van der Waals surface area contributed by atoms with Crippen LogP contribution >= 0.6 is 18.8 Å². The van der Waals surface area contributed by atoms with E-state index >= 15 is 0 Å². The zero-order chi connectivity index (χ0) is 18.1. The Balaban J connectivity index is 1.66. The van der Waals surface area contributed by atoms with E-state index in [2.05, 4.69) is 83.9 Å². The summed E-state index contributed by atoms with van der Waals surface area (Å²) in [4.78, 5) is 0. The van der Waals surface area contributed by atoms with Crippen molar-refractivity contribution in [3.05, 3.63) is 71.8 Å². The summed E-state index contributed by atoms with van der Waals surface area (Å²) in [5, 5.41) is 0. The van der Waals surface area contributed by atoms with Crippen LogP contribution in [-0.2, 0) is 0 Å². The van der Waals surface area contributed by atoms with E-state index in [0.717, 1.165) is 0 Å². The molecule has 1 aliphatic carbocycles. The monoisotopic (exact) mass is 386 g/mol. The van der Waals surface area contributed by atoms with E-state index in [9.17, 15) is 0 Å². The van der Waals surface area contributed by atoms with Crippen LogP contribution in [0.25, 0.3) is 0 Å². The van der Waals surface area contributed by atoms with Gasteiger partial charge in [0, 0.05) is 24.2 Å². The fourth-order valence-corrected chi connectivity index (χ4v) is 8.27. The molecule has 2 nitrogen and oxygen atoms in total. The molecule has 1 aliphatic heterocycles. The first-order chi connectivity index (χ1) is 12.7. The van der Waals surface area contributed by atoms with E-state index in [-0.39, 0.29) is 0 Å². The minimum absolute atomic E-state index is 0.360. The molecule has 4 atom stereocenters. The molecule has 0 unspecified atom stereocenters. The average Bonchev–Trinajstić information content (AvgIpc) is 3.00. The Morgan fingerprint density at radius 3 is 1.54 bits per heavy atom. The van der Waals surface area contributed by atoms with Crippen molar-refractivity contribution in [2.24, 2.45) is 0 Å². The van der Waals surface area contributed by atoms with Gasteiger partial charge >= 0.3 is 0 Å². The fraction of sp³-hybridized carbons (Fsp3) is 0.455. The van der Waals surface area contributed by atoms with Gasteiger partial charge in [0.1, 0.15) is 7.58 Å². The number of halogens is 1. The van der Waals surface area contributed by atoms with Gasteiger partial charge in [-0.1, -0.05) is 84.7 Å². The van der Waals surface area contributed by atoms with Crippen LogP contribution in [0.5, 0.6) is 0 Å². The summed E-state index contributed by atoms with van der Waals surface area (Å²) >= 11 is 7.23. The van der Waals surface area contributed by atoms with Crippen molar-refractivity contribution in [1.29, 1.82) is 0 Å². The maximum absolute atomic E-state index is 7.23. The van der Waals surface area contributed by atoms with Crippen LogP contribution in [-0.4, -0.2) is 21.4 Å². The lowest BCUT2D eigenvalue weighted by molar-refractivity contribution is 0.166. The van der Waals surface area contributed by atoms with Gasteiger partial charge in [0.05, 0.1) is 0 Å². The Kier molecular flexibility index (Phi) is 5.66. The summed E-state index contributed by atoms with van der Waals surface area (Å²) in [5.41, 5.74) is 2.75. The lowest BCUT2D eigenvalue weighted by Crippen LogP contribution is -2.41. The van der Waals surface area contributed by atoms with Crippen molar-refractivity contribution >= 4 is 18.8 Å². The summed E-state index contributed by atoms with van der Waals surface area (Å²) < 4.78 is 5.27. The molecule has 0 N–H and O–H groups in total. The van der Waals surface area contributed by atoms with Gasteiger partial charge in [-0.3, -0.25) is 0 Å². The van der Waals surface area contributed by atoms with Gasteiger partial charge in [0.15, 0.2) is 0 Å². The highest BCUT2D eigenvalue weighted by Crippen LogP contribution is 2.66. The number of hydrogen-bond acceptors (Lipinski definition) is 2. The fourth-order valence-electron chi connectivity index (χ4n) is 4.70. The summed E-state index contributed by atoms with van der Waals surface area (Å²) in [6.07, 6.45) is 5.19. The number of fused-ring (bicyclic) bond motifs is 1. The Hall–Kier alpha value is -0.920. The summed E-state index contributed by atoms with van der Waals surface area (Å²) in [7, 11) is -0.829. The number of hydrogen-bond donors (Lipinski definition) is 0. The Bertz CT molecular complexity index is 649. The molecule has 0 amide bonds. The van der Waals surface area contributed by atoms with Gasteiger partial charge in [-0.05, 0) is 37.8 Å². The molecular weight excluding hydrogens is 359 g/mol. The number of nitrogens with zero attached hydrogens (tertiary/aromatic N) is 2. The van der Waals surface area contributed by atoms with Gasteiger partial charge in [0.25, 0.3) is 0 Å². The minimum Gasteiger partial charge on any atom is -0.246 e. The molecule has 2 fully saturated rings. The Labute approximate surface area is 163 Å². The molecule has 138 valence electrons. The van der Waals surface area contributed by atoms with E-state index < -0.39 is 7.58 Å². The van der Waals surface area contributed by atoms with Gasteiger partial charge in [-0.2, -0.15) is 0 Å². The first kappa shape index (κ1) is 18.4. The van der Waals surface area contributed by atoms with Crippen LogP contribution in [0.1, 0.15) is 62.7 Å². The topological polar surface area (TPSA) is 6.48 Å². The highest BCUT2D eigenvalue weighted by molar-refractivity contribution is 7.80. The van der Waals surface area contributed by atoms with Crippen molar-refractivity contribution in [2.75, 3.05) is 0 Å². The van der Waals surface area contributed by atoms with Crippen molar-refractivity contribution in [3.63, 3.8) is 0 Å². The van der Waals surface area contributed by atoms with E-state index in [4.69, 9.17) is 11.2 Å². The predicted octanol–water partition coefficient (Wildman–Crippen LogP) is 6.90. The molecule has 1 saturated heterocycles. The molecular formula is C22H28ClN2P. The van der Waals surface area contributed by atoms with Crippen molar-refractivity contribution in [3.8, 4) is 0 Å². The highest BCUT2D eigenvalue weighted by atomic mass is 35.7. The van der Waals surface area contributed by atoms with Gasteiger partial charge in [-0.25, -0.2) is 9.34 Å². The molecule has 26 heavy (non-hydrogen) atoms. The third-order valence-corrected chi connectivity index (χ3v) is 9.21. The van der Waals surface area contributed by atoms with Crippen molar-refractivity contribution < 1.29 is 0 Å². The zero-order valence-corrected chi connectivity index (χ0v) is 17.3. The van der Waals surface area contributed by atoms with E-state index in [1.54, 1.807) is 0 Å². The third-order valence-electron chi connectivity index (χ3n) is 6.11. The molecule has 0 aromatic heterocycles. The molecule has 4 rings (SSSR count). The second-order valence-corrected chi connectivity index (χ2v) is 9.91. The lowest BCUT2D eigenvalue weighted by Gasteiger charge is -2.35. The number of benzene rings is 2. The summed E-state index contributed by atoms with van der Waals surface area (Å²) in [6.45, 7) is 4.66. The first-order valence-corrected chi connectivity index (χ1v) is 12.0. The lowest BCUT2D eigenvalue weighted by atomic mass is 9.88. The van der Waals surface area contributed by atoms with Crippen LogP contribution in [0.2, 0.25) is 0 Å². The van der Waals surface area contributed by atoms with E-state index in [1.165, 1.54) is 36.8 Å². The van der Waals surface area contributed by atoms with Crippen LogP contribution in [0.4, 0.5) is 0 Å². The maximum atomic E-state index is 7.23. The van der Waals surface area contributed by atoms with Crippen molar-refractivity contribution in [1.82, 2.24) is 9.34 Å². The van der Waals surface area contributed by atoms with Crippen LogP contribution in [0.3, 0.4) is 0 Å². The molecule has 0 bridgehead atoms. The second-order valence-electron chi connectivity index (χ2n) is 7.59. The normalized spacial score (nSPS) is 27.2. The van der Waals surface area contributed by atoms with Gasteiger partial charge < -0.3 is 0 Å². The summed E-state index contributed by atoms with van der Waals surface area (Å²) in [5.74, 6) is 0. The molecule has 2 aromatic carbocycles. The highest BCUT2D eigenvalue weighted by Gasteiger charge is 2.51. The summed E-state index contributed by atoms with van der Waals surface area (Å²) in [6, 6.07) is 23.6. The standard InChI is InChI=1S/C22H28ClN2P/c1-17(19-11-5-3-6-12-19)24-21-15-9-10-16-22(21)25(26(24)23)18(2)20-13-7-4-8-14-20/h3-8,11-14,17-18,21-22H,9-10,15-16H2,1-2H3/t17-,18-,21+,22+/m0/s1. The largest absolute Gasteiger partial charge is 0.246 e. The van der Waals surface area contributed by atoms with E-state index in [1.807, 2.05) is 0 Å². The smallest absolute Gasteiger partial charge is 0.142 e. The minimum atomic E-state index is -0.829. The second kappa shape index (κ2) is 7.98. The SMILES string of the molecule is C[C@@H](c1ccccc1)N1[C@@H]2CCCC[C@H]2N([C@@H](C)c2ccccc2)P1Cl. The van der Waals surface area contributed by atoms with Crippen LogP contribution in [0.15, 0.2) is 60.7 Å². The average molecular weight is 387 g/mol. The predicted molar refractivity (Wildman–Crippen MR) is 112 cm³/mol. The Morgan fingerprint density at radius 1 is 0.769 bits per heavy atom. The van der Waals surface area contributed by atoms with E-state index in [0.29, 0.717) is 24.2 Å². The quantitative estimate of drug-likeness (QED) is 0.527. The first-order valence-electron chi connectivity index (χ1n) is 9.81. The number of rotatable bonds is 4. The van der Waals surface area contributed by atoms with Gasteiger partial charge in [0.2, 0.25) is 0 Å². The molecule has 0 radical (unpaired) electrons. The molecule has 0 spiro atoms. The maximum Gasteiger partial charge on any atom is 0.142 e. The molecule has 4 heteroatoms. The van der Waals surface area contributed by atoms with Crippen LogP contribution < -0.4 is 0 Å². The third kappa shape index (κ3) is 3.34. The van der Waals surface area contributed by atoms with Crippen LogP contribution in [0, 0.1) is 0 Å². The molecule has 2 aromatic rings. The molecule has 1 saturated carbocycles. The van der Waals surface area contributed by atoms with Gasteiger partial charge in [-0.15, -0.1) is 0 Å². The molecule has 1 heterocycles. The molecule has 2 aliphatic rings.